The van der Waals surface area contributed by atoms with Crippen molar-refractivity contribution in [1.29, 1.82) is 0 Å². The Hall–Kier alpha value is -2.34. The number of imidazole rings is 1. The van der Waals surface area contributed by atoms with E-state index in [0.29, 0.717) is 23.6 Å². The molecule has 96 valence electrons. The second kappa shape index (κ2) is 4.40. The molecular formula is C13H10F2N4. The topological polar surface area (TPSA) is 67.6 Å². The maximum Gasteiger partial charge on any atom is 0.153 e. The van der Waals surface area contributed by atoms with Gasteiger partial charge in [-0.3, -0.25) is 4.98 Å². The lowest BCUT2D eigenvalue weighted by Crippen LogP contribution is -1.99. The Kier molecular flexibility index (Phi) is 2.72. The molecule has 0 bridgehead atoms. The van der Waals surface area contributed by atoms with E-state index < -0.39 is 11.6 Å². The van der Waals surface area contributed by atoms with Gasteiger partial charge in [0.25, 0.3) is 0 Å². The molecule has 0 fully saturated rings. The summed E-state index contributed by atoms with van der Waals surface area (Å²) in [6, 6.07) is 5.50. The molecule has 2 aromatic heterocycles. The van der Waals surface area contributed by atoms with Crippen LogP contribution in [-0.2, 0) is 6.54 Å². The third-order valence-electron chi connectivity index (χ3n) is 2.80. The van der Waals surface area contributed by atoms with Gasteiger partial charge in [-0.2, -0.15) is 0 Å². The van der Waals surface area contributed by atoms with E-state index in [9.17, 15) is 8.78 Å². The summed E-state index contributed by atoms with van der Waals surface area (Å²) in [6.07, 6.45) is 1.60. The van der Waals surface area contributed by atoms with Gasteiger partial charge in [-0.1, -0.05) is 0 Å². The first-order chi connectivity index (χ1) is 9.17. The lowest BCUT2D eigenvalue weighted by Gasteiger charge is -1.99. The smallest absolute Gasteiger partial charge is 0.153 e. The van der Waals surface area contributed by atoms with E-state index in [1.54, 1.807) is 18.3 Å². The molecule has 0 unspecified atom stereocenters. The molecule has 0 saturated carbocycles. The highest BCUT2D eigenvalue weighted by Gasteiger charge is 2.11. The Balaban J connectivity index is 2.17. The molecule has 0 saturated heterocycles. The van der Waals surface area contributed by atoms with Crippen LogP contribution in [0, 0.1) is 11.6 Å². The molecule has 6 heteroatoms. The van der Waals surface area contributed by atoms with Crippen LogP contribution in [0.15, 0.2) is 30.5 Å². The van der Waals surface area contributed by atoms with Crippen LogP contribution in [0.25, 0.3) is 22.4 Å². The zero-order chi connectivity index (χ0) is 13.4. The van der Waals surface area contributed by atoms with Crippen LogP contribution in [0.4, 0.5) is 8.78 Å². The van der Waals surface area contributed by atoms with Crippen LogP contribution in [0.5, 0.6) is 0 Å². The number of benzene rings is 1. The normalized spacial score (nSPS) is 11.1. The minimum absolute atomic E-state index is 0.113. The molecule has 0 radical (unpaired) electrons. The van der Waals surface area contributed by atoms with E-state index in [2.05, 4.69) is 15.0 Å². The van der Waals surface area contributed by atoms with E-state index in [0.717, 1.165) is 11.6 Å². The highest BCUT2D eigenvalue weighted by atomic mass is 19.1. The fourth-order valence-corrected chi connectivity index (χ4v) is 1.92. The molecule has 4 nitrogen and oxygen atoms in total. The molecule has 3 rings (SSSR count). The highest BCUT2D eigenvalue weighted by molar-refractivity contribution is 5.80. The van der Waals surface area contributed by atoms with Crippen molar-refractivity contribution in [2.45, 2.75) is 6.54 Å². The SMILES string of the molecule is NCc1cc(-c2nc3c(F)cc(F)cc3[nH]2)ccn1. The summed E-state index contributed by atoms with van der Waals surface area (Å²) >= 11 is 0. The first-order valence-electron chi connectivity index (χ1n) is 5.67. The predicted molar refractivity (Wildman–Crippen MR) is 67.1 cm³/mol. The second-order valence-electron chi connectivity index (χ2n) is 4.11. The summed E-state index contributed by atoms with van der Waals surface area (Å²) in [5, 5.41) is 0. The van der Waals surface area contributed by atoms with Crippen LogP contribution in [0.3, 0.4) is 0 Å². The lowest BCUT2D eigenvalue weighted by atomic mass is 10.2. The van der Waals surface area contributed by atoms with Crippen molar-refractivity contribution in [3.05, 3.63) is 47.8 Å². The van der Waals surface area contributed by atoms with Crippen LogP contribution >= 0.6 is 0 Å². The van der Waals surface area contributed by atoms with Crippen molar-refractivity contribution in [1.82, 2.24) is 15.0 Å². The molecule has 0 aliphatic rings. The molecule has 1 aromatic carbocycles. The van der Waals surface area contributed by atoms with Crippen molar-refractivity contribution in [2.24, 2.45) is 5.73 Å². The Bertz CT molecular complexity index is 751. The zero-order valence-corrected chi connectivity index (χ0v) is 9.82. The van der Waals surface area contributed by atoms with E-state index in [4.69, 9.17) is 5.73 Å². The fraction of sp³-hybridized carbons (Fsp3) is 0.0769. The number of pyridine rings is 1. The van der Waals surface area contributed by atoms with Gasteiger partial charge in [0, 0.05) is 24.4 Å². The van der Waals surface area contributed by atoms with E-state index in [-0.39, 0.29) is 5.52 Å². The maximum absolute atomic E-state index is 13.6. The van der Waals surface area contributed by atoms with Crippen LogP contribution in [0.1, 0.15) is 5.69 Å². The van der Waals surface area contributed by atoms with Gasteiger partial charge >= 0.3 is 0 Å². The quantitative estimate of drug-likeness (QED) is 0.743. The number of nitrogens with two attached hydrogens (primary N) is 1. The summed E-state index contributed by atoms with van der Waals surface area (Å²) in [6.45, 7) is 0.303. The standard InChI is InChI=1S/C13H10F2N4/c14-8-4-10(15)12-11(5-8)18-13(19-12)7-1-2-17-9(3-7)6-16/h1-5H,6,16H2,(H,18,19). The second-order valence-corrected chi connectivity index (χ2v) is 4.11. The molecule has 0 aliphatic carbocycles. The first-order valence-corrected chi connectivity index (χ1v) is 5.67. The fourth-order valence-electron chi connectivity index (χ4n) is 1.92. The third-order valence-corrected chi connectivity index (χ3v) is 2.80. The van der Waals surface area contributed by atoms with Gasteiger partial charge in [0.2, 0.25) is 0 Å². The number of fused-ring (bicyclic) bond motifs is 1. The van der Waals surface area contributed by atoms with Crippen molar-refractivity contribution in [3.8, 4) is 11.4 Å². The summed E-state index contributed by atoms with van der Waals surface area (Å²) in [5.41, 5.74) is 7.37. The average molecular weight is 260 g/mol. The Morgan fingerprint density at radius 1 is 1.21 bits per heavy atom. The Morgan fingerprint density at radius 2 is 2.05 bits per heavy atom. The molecule has 0 spiro atoms. The van der Waals surface area contributed by atoms with Crippen LogP contribution < -0.4 is 5.73 Å². The van der Waals surface area contributed by atoms with Crippen LogP contribution in [0.2, 0.25) is 0 Å². The number of halogens is 2. The number of aromatic amines is 1. The van der Waals surface area contributed by atoms with Crippen molar-refractivity contribution >= 4 is 11.0 Å². The lowest BCUT2D eigenvalue weighted by molar-refractivity contribution is 0.591. The van der Waals surface area contributed by atoms with Crippen molar-refractivity contribution < 1.29 is 8.78 Å². The van der Waals surface area contributed by atoms with Gasteiger partial charge in [-0.15, -0.1) is 0 Å². The molecule has 0 atom stereocenters. The first kappa shape index (κ1) is 11.7. The average Bonchev–Trinajstić information content (AvgIpc) is 2.83. The van der Waals surface area contributed by atoms with Gasteiger partial charge in [-0.05, 0) is 18.2 Å². The summed E-state index contributed by atoms with van der Waals surface area (Å²) in [4.78, 5) is 11.1. The molecule has 0 aliphatic heterocycles. The number of H-pyrrole nitrogens is 1. The molecular weight excluding hydrogens is 250 g/mol. The summed E-state index contributed by atoms with van der Waals surface area (Å²) in [7, 11) is 0. The molecule has 3 aromatic rings. The minimum Gasteiger partial charge on any atom is -0.338 e. The van der Waals surface area contributed by atoms with Gasteiger partial charge in [0.15, 0.2) is 5.82 Å². The van der Waals surface area contributed by atoms with Crippen LogP contribution in [-0.4, -0.2) is 15.0 Å². The van der Waals surface area contributed by atoms with Gasteiger partial charge in [0.05, 0.1) is 11.2 Å². The largest absolute Gasteiger partial charge is 0.338 e. The minimum atomic E-state index is -0.689. The number of nitrogens with zero attached hydrogens (tertiary/aromatic N) is 2. The van der Waals surface area contributed by atoms with E-state index in [1.165, 1.54) is 6.07 Å². The molecule has 0 amide bonds. The number of rotatable bonds is 2. The van der Waals surface area contributed by atoms with Gasteiger partial charge in [0.1, 0.15) is 17.2 Å². The number of nitrogens with one attached hydrogen (secondary N) is 1. The van der Waals surface area contributed by atoms with E-state index in [1.807, 2.05) is 0 Å². The molecule has 2 heterocycles. The monoisotopic (exact) mass is 260 g/mol. The third kappa shape index (κ3) is 2.06. The van der Waals surface area contributed by atoms with E-state index >= 15 is 0 Å². The maximum atomic E-state index is 13.6. The molecule has 3 N–H and O–H groups in total. The van der Waals surface area contributed by atoms with Gasteiger partial charge < -0.3 is 10.7 Å². The Morgan fingerprint density at radius 3 is 2.84 bits per heavy atom. The summed E-state index contributed by atoms with van der Waals surface area (Å²) in [5.74, 6) is -0.875. The van der Waals surface area contributed by atoms with Crippen molar-refractivity contribution in [2.75, 3.05) is 0 Å². The number of aromatic nitrogens is 3. The highest BCUT2D eigenvalue weighted by Crippen LogP contribution is 2.23. The Labute approximate surface area is 107 Å². The van der Waals surface area contributed by atoms with Crippen molar-refractivity contribution in [3.63, 3.8) is 0 Å². The number of hydrogen-bond acceptors (Lipinski definition) is 3. The zero-order valence-electron chi connectivity index (χ0n) is 9.82. The number of hydrogen-bond donors (Lipinski definition) is 2. The predicted octanol–water partition coefficient (Wildman–Crippen LogP) is 2.36. The molecule has 19 heavy (non-hydrogen) atoms. The summed E-state index contributed by atoms with van der Waals surface area (Å²) < 4.78 is 26.7. The van der Waals surface area contributed by atoms with Gasteiger partial charge in [-0.25, -0.2) is 13.8 Å².